The van der Waals surface area contributed by atoms with E-state index in [2.05, 4.69) is 10.5 Å². The van der Waals surface area contributed by atoms with Gasteiger partial charge in [-0.25, -0.2) is 8.42 Å². The number of hydrogen-bond acceptors (Lipinski definition) is 9. The average molecular weight is 436 g/mol. The molecule has 1 aliphatic rings. The van der Waals surface area contributed by atoms with Gasteiger partial charge in [0.2, 0.25) is 10.0 Å². The van der Waals surface area contributed by atoms with Crippen LogP contribution >= 0.6 is 0 Å². The van der Waals surface area contributed by atoms with E-state index >= 15 is 0 Å². The fraction of sp³-hybridized carbons (Fsp3) is 0.278. The number of nitrogens with zero attached hydrogens (tertiary/aromatic N) is 3. The molecule has 0 spiro atoms. The second-order valence-corrected chi connectivity index (χ2v) is 8.19. The van der Waals surface area contributed by atoms with Gasteiger partial charge in [-0.05, 0) is 30.3 Å². The van der Waals surface area contributed by atoms with E-state index in [-0.39, 0.29) is 42.6 Å². The van der Waals surface area contributed by atoms with Crippen LogP contribution in [-0.4, -0.2) is 62.4 Å². The van der Waals surface area contributed by atoms with Crippen LogP contribution in [0.2, 0.25) is 0 Å². The zero-order valence-corrected chi connectivity index (χ0v) is 16.8. The Kier molecular flexibility index (Phi) is 6.50. The fourth-order valence-corrected chi connectivity index (χ4v) is 4.22. The summed E-state index contributed by atoms with van der Waals surface area (Å²) in [6.45, 7) is 0.911. The number of hydrogen-bond donors (Lipinski definition) is 2. The lowest BCUT2D eigenvalue weighted by atomic mass is 10.2. The van der Waals surface area contributed by atoms with E-state index in [4.69, 9.17) is 9.47 Å². The third-order valence-corrected chi connectivity index (χ3v) is 6.29. The molecule has 0 radical (unpaired) electrons. The molecule has 2 N–H and O–H groups in total. The number of ether oxygens (including phenoxy) is 2. The first-order valence-electron chi connectivity index (χ1n) is 8.85. The maximum Gasteiger partial charge on any atom is 0.295 e. The number of phenols is 1. The highest BCUT2D eigenvalue weighted by molar-refractivity contribution is 7.89. The average Bonchev–Trinajstić information content (AvgIpc) is 2.75. The predicted octanol–water partition coefficient (Wildman–Crippen LogP) is 1.78. The first kappa shape index (κ1) is 21.5. The lowest BCUT2D eigenvalue weighted by molar-refractivity contribution is -0.384. The molecule has 2 aromatic rings. The minimum atomic E-state index is -3.88. The summed E-state index contributed by atoms with van der Waals surface area (Å²) >= 11 is 0. The second kappa shape index (κ2) is 9.07. The first-order chi connectivity index (χ1) is 14.3. The standard InChI is InChI=1S/C18H20N4O7S/c1-28-14-2-5-18(23)13(10-14)12-19-20-16-4-3-15(11-17(16)22(24)25)30(26,27)21-6-8-29-9-7-21/h2-5,10-12,20,23H,6-9H2,1H3/b19-12+. The molecule has 1 fully saturated rings. The van der Waals surface area contributed by atoms with Crippen LogP contribution in [0.15, 0.2) is 46.4 Å². The van der Waals surface area contributed by atoms with Gasteiger partial charge in [-0.1, -0.05) is 0 Å². The van der Waals surface area contributed by atoms with Gasteiger partial charge in [0.15, 0.2) is 0 Å². The molecule has 3 rings (SSSR count). The molecule has 2 aromatic carbocycles. The Balaban J connectivity index is 1.85. The number of benzene rings is 2. The molecule has 0 bridgehead atoms. The summed E-state index contributed by atoms with van der Waals surface area (Å²) in [6.07, 6.45) is 1.26. The molecule has 30 heavy (non-hydrogen) atoms. The normalized spacial score (nSPS) is 15.2. The minimum absolute atomic E-state index is 0.000404. The lowest BCUT2D eigenvalue weighted by Crippen LogP contribution is -2.40. The van der Waals surface area contributed by atoms with Gasteiger partial charge in [-0.3, -0.25) is 15.5 Å². The van der Waals surface area contributed by atoms with E-state index in [0.29, 0.717) is 11.3 Å². The molecule has 0 atom stereocenters. The summed E-state index contributed by atoms with van der Waals surface area (Å²) in [5.74, 6) is 0.445. The van der Waals surface area contributed by atoms with Gasteiger partial charge >= 0.3 is 0 Å². The van der Waals surface area contributed by atoms with E-state index < -0.39 is 20.6 Å². The van der Waals surface area contributed by atoms with E-state index in [1.807, 2.05) is 0 Å². The van der Waals surface area contributed by atoms with Crippen molar-refractivity contribution in [1.29, 1.82) is 0 Å². The number of methoxy groups -OCH3 is 1. The van der Waals surface area contributed by atoms with Gasteiger partial charge in [0, 0.05) is 24.7 Å². The lowest BCUT2D eigenvalue weighted by Gasteiger charge is -2.26. The topological polar surface area (TPSA) is 144 Å². The summed E-state index contributed by atoms with van der Waals surface area (Å²) in [6, 6.07) is 8.07. The van der Waals surface area contributed by atoms with Crippen LogP contribution in [0, 0.1) is 10.1 Å². The fourth-order valence-electron chi connectivity index (χ4n) is 2.79. The molecule has 0 unspecified atom stereocenters. The molecule has 1 heterocycles. The number of morpholine rings is 1. The number of nitro groups is 1. The Labute approximate surface area is 172 Å². The van der Waals surface area contributed by atoms with E-state index in [9.17, 15) is 23.6 Å². The van der Waals surface area contributed by atoms with Crippen LogP contribution in [0.4, 0.5) is 11.4 Å². The number of nitro benzene ring substituents is 1. The van der Waals surface area contributed by atoms with Gasteiger partial charge in [0.25, 0.3) is 5.69 Å². The molecule has 0 saturated carbocycles. The van der Waals surface area contributed by atoms with Gasteiger partial charge < -0.3 is 14.6 Å². The van der Waals surface area contributed by atoms with Gasteiger partial charge in [-0.15, -0.1) is 0 Å². The van der Waals surface area contributed by atoms with Crippen LogP contribution in [0.1, 0.15) is 5.56 Å². The predicted molar refractivity (Wildman–Crippen MR) is 109 cm³/mol. The molecule has 11 nitrogen and oxygen atoms in total. The highest BCUT2D eigenvalue weighted by Crippen LogP contribution is 2.29. The van der Waals surface area contributed by atoms with Gasteiger partial charge in [0.05, 0.1) is 36.4 Å². The molecular weight excluding hydrogens is 416 g/mol. The highest BCUT2D eigenvalue weighted by Gasteiger charge is 2.28. The first-order valence-corrected chi connectivity index (χ1v) is 10.3. The molecule has 0 aromatic heterocycles. The van der Waals surface area contributed by atoms with Crippen molar-refractivity contribution in [3.05, 3.63) is 52.1 Å². The molecule has 0 amide bonds. The van der Waals surface area contributed by atoms with Crippen molar-refractivity contribution in [2.75, 3.05) is 38.8 Å². The van der Waals surface area contributed by atoms with Gasteiger partial charge in [-0.2, -0.15) is 9.41 Å². The maximum atomic E-state index is 12.7. The second-order valence-electron chi connectivity index (χ2n) is 6.25. The Morgan fingerprint density at radius 1 is 1.27 bits per heavy atom. The number of rotatable bonds is 7. The third-order valence-electron chi connectivity index (χ3n) is 4.40. The number of sulfonamides is 1. The van der Waals surface area contributed by atoms with E-state index in [0.717, 1.165) is 6.07 Å². The van der Waals surface area contributed by atoms with E-state index in [1.165, 1.54) is 41.9 Å². The quantitative estimate of drug-likeness (QED) is 0.380. The number of anilines is 1. The highest BCUT2D eigenvalue weighted by atomic mass is 32.2. The van der Waals surface area contributed by atoms with Crippen molar-refractivity contribution >= 4 is 27.6 Å². The van der Waals surface area contributed by atoms with Crippen LogP contribution in [0.25, 0.3) is 0 Å². The van der Waals surface area contributed by atoms with Crippen molar-refractivity contribution in [3.8, 4) is 11.5 Å². The Morgan fingerprint density at radius 2 is 2.00 bits per heavy atom. The number of phenolic OH excluding ortho intramolecular Hbond substituents is 1. The number of hydrazone groups is 1. The maximum absolute atomic E-state index is 12.7. The van der Waals surface area contributed by atoms with Gasteiger partial charge in [0.1, 0.15) is 17.2 Å². The smallest absolute Gasteiger partial charge is 0.295 e. The van der Waals surface area contributed by atoms with E-state index in [1.54, 1.807) is 6.07 Å². The molecule has 12 heteroatoms. The Bertz CT molecular complexity index is 1070. The summed E-state index contributed by atoms with van der Waals surface area (Å²) in [7, 11) is -2.40. The van der Waals surface area contributed by atoms with Crippen molar-refractivity contribution in [3.63, 3.8) is 0 Å². The summed E-state index contributed by atoms with van der Waals surface area (Å²) < 4.78 is 36.9. The molecule has 1 aliphatic heterocycles. The Morgan fingerprint density at radius 3 is 2.67 bits per heavy atom. The summed E-state index contributed by atoms with van der Waals surface area (Å²) in [5.41, 5.74) is 2.39. The van der Waals surface area contributed by atoms with Crippen LogP contribution in [0.5, 0.6) is 11.5 Å². The van der Waals surface area contributed by atoms with Crippen LogP contribution < -0.4 is 10.2 Å². The Hall–Kier alpha value is -3.22. The molecule has 0 aliphatic carbocycles. The SMILES string of the molecule is COc1ccc(O)c(/C=N/Nc2ccc(S(=O)(=O)N3CCOCC3)cc2[N+](=O)[O-])c1. The zero-order valence-electron chi connectivity index (χ0n) is 16.0. The van der Waals surface area contributed by atoms with Crippen molar-refractivity contribution in [2.45, 2.75) is 4.90 Å². The van der Waals surface area contributed by atoms with Crippen LogP contribution in [0.3, 0.4) is 0 Å². The molecule has 1 saturated heterocycles. The van der Waals surface area contributed by atoms with Crippen molar-refractivity contribution in [1.82, 2.24) is 4.31 Å². The van der Waals surface area contributed by atoms with Crippen LogP contribution in [-0.2, 0) is 14.8 Å². The number of nitrogens with one attached hydrogen (secondary N) is 1. The number of aromatic hydroxyl groups is 1. The minimum Gasteiger partial charge on any atom is -0.507 e. The third kappa shape index (κ3) is 4.67. The molecular formula is C18H20N4O7S. The molecule has 160 valence electrons. The zero-order chi connectivity index (χ0) is 21.7. The largest absolute Gasteiger partial charge is 0.507 e. The van der Waals surface area contributed by atoms with Crippen molar-refractivity contribution < 1.29 is 27.9 Å². The van der Waals surface area contributed by atoms with Crippen molar-refractivity contribution in [2.24, 2.45) is 5.10 Å². The summed E-state index contributed by atoms with van der Waals surface area (Å²) in [4.78, 5) is 10.6. The summed E-state index contributed by atoms with van der Waals surface area (Å²) in [5, 5.41) is 25.2. The monoisotopic (exact) mass is 436 g/mol.